The molecule has 0 aliphatic carbocycles. The fourth-order valence-corrected chi connectivity index (χ4v) is 3.45. The maximum absolute atomic E-state index is 12.6. The number of halogens is 1. The van der Waals surface area contributed by atoms with E-state index in [-0.39, 0.29) is 12.5 Å². The third-order valence-corrected chi connectivity index (χ3v) is 5.11. The normalized spacial score (nSPS) is 16.3. The molecule has 1 saturated heterocycles. The maximum atomic E-state index is 12.6. The molecule has 1 amide bonds. The summed E-state index contributed by atoms with van der Waals surface area (Å²) in [6, 6.07) is 17.0. The van der Waals surface area contributed by atoms with Crippen LogP contribution in [0, 0.1) is 0 Å². The summed E-state index contributed by atoms with van der Waals surface area (Å²) in [4.78, 5) is 16.7. The molecule has 5 nitrogen and oxygen atoms in total. The minimum atomic E-state index is -0.555. The Labute approximate surface area is 162 Å². The van der Waals surface area contributed by atoms with Crippen LogP contribution in [-0.4, -0.2) is 66.2 Å². The second kappa shape index (κ2) is 9.16. The average Bonchev–Trinajstić information content (AvgIpc) is 2.68. The Morgan fingerprint density at radius 2 is 1.69 bits per heavy atom. The third kappa shape index (κ3) is 5.06. The molecule has 0 spiro atoms. The highest BCUT2D eigenvalue weighted by atomic mass is 79.9. The lowest BCUT2D eigenvalue weighted by Gasteiger charge is -2.35. The van der Waals surface area contributed by atoms with Crippen molar-refractivity contribution in [3.05, 3.63) is 64.6 Å². The fourth-order valence-electron chi connectivity index (χ4n) is 3.00. The quantitative estimate of drug-likeness (QED) is 0.783. The highest BCUT2D eigenvalue weighted by Gasteiger charge is 2.24. The minimum absolute atomic E-state index is 0.0464. The Morgan fingerprint density at radius 1 is 1.04 bits per heavy atom. The topological polar surface area (TPSA) is 53.0 Å². The molecule has 0 bridgehead atoms. The van der Waals surface area contributed by atoms with Crippen molar-refractivity contribution in [2.45, 2.75) is 6.10 Å². The number of aliphatic hydroxyl groups is 1. The minimum Gasteiger partial charge on any atom is -0.491 e. The van der Waals surface area contributed by atoms with E-state index in [0.717, 1.165) is 23.3 Å². The van der Waals surface area contributed by atoms with Gasteiger partial charge in [-0.3, -0.25) is 9.69 Å². The molecule has 1 heterocycles. The predicted octanol–water partition coefficient (Wildman–Crippen LogP) is 2.65. The molecule has 0 aromatic heterocycles. The number of nitrogens with zero attached hydrogens (tertiary/aromatic N) is 2. The van der Waals surface area contributed by atoms with Crippen LogP contribution in [0.4, 0.5) is 0 Å². The fraction of sp³-hybridized carbons (Fsp3) is 0.350. The number of hydrogen-bond donors (Lipinski definition) is 1. The molecular formula is C20H23BrN2O3. The van der Waals surface area contributed by atoms with Crippen LogP contribution in [-0.2, 0) is 0 Å². The monoisotopic (exact) mass is 418 g/mol. The van der Waals surface area contributed by atoms with E-state index in [9.17, 15) is 9.90 Å². The van der Waals surface area contributed by atoms with Gasteiger partial charge in [0, 0.05) is 37.2 Å². The Morgan fingerprint density at radius 3 is 2.38 bits per heavy atom. The predicted molar refractivity (Wildman–Crippen MR) is 104 cm³/mol. The summed E-state index contributed by atoms with van der Waals surface area (Å²) in [6.07, 6.45) is -0.555. The first-order chi connectivity index (χ1) is 12.6. The van der Waals surface area contributed by atoms with Crippen molar-refractivity contribution in [2.75, 3.05) is 39.3 Å². The van der Waals surface area contributed by atoms with Crippen molar-refractivity contribution in [1.29, 1.82) is 0 Å². The van der Waals surface area contributed by atoms with Crippen LogP contribution in [0.25, 0.3) is 0 Å². The van der Waals surface area contributed by atoms with Crippen molar-refractivity contribution in [2.24, 2.45) is 0 Å². The number of para-hydroxylation sites is 1. The number of amides is 1. The van der Waals surface area contributed by atoms with Gasteiger partial charge in [0.25, 0.3) is 5.91 Å². The number of β-amino-alcohol motifs (C(OH)–C–C–N with tert-alkyl or cyclic N) is 1. The molecule has 1 unspecified atom stereocenters. The standard InChI is InChI=1S/C20H23BrN2O3/c21-19-9-5-4-8-18(19)20(25)23-12-10-22(11-13-23)14-16(24)15-26-17-6-2-1-3-7-17/h1-9,16,24H,10-15H2. The van der Waals surface area contributed by atoms with Gasteiger partial charge in [0.2, 0.25) is 0 Å². The number of rotatable bonds is 6. The number of carbonyl (C=O) groups is 1. The zero-order chi connectivity index (χ0) is 18.4. The van der Waals surface area contributed by atoms with Gasteiger partial charge in [0.05, 0.1) is 5.56 Å². The summed E-state index contributed by atoms with van der Waals surface area (Å²) in [6.45, 7) is 3.63. The Balaban J connectivity index is 1.43. The SMILES string of the molecule is O=C(c1ccccc1Br)N1CCN(CC(O)COc2ccccc2)CC1. The van der Waals surface area contributed by atoms with Gasteiger partial charge in [-0.2, -0.15) is 0 Å². The van der Waals surface area contributed by atoms with E-state index in [2.05, 4.69) is 20.8 Å². The summed E-state index contributed by atoms with van der Waals surface area (Å²) >= 11 is 3.44. The third-order valence-electron chi connectivity index (χ3n) is 4.42. The zero-order valence-corrected chi connectivity index (χ0v) is 16.1. The first kappa shape index (κ1) is 18.9. The van der Waals surface area contributed by atoms with Crippen molar-refractivity contribution < 1.29 is 14.6 Å². The van der Waals surface area contributed by atoms with Crippen molar-refractivity contribution in [3.8, 4) is 5.75 Å². The molecule has 0 saturated carbocycles. The Kier molecular flexibility index (Phi) is 6.66. The van der Waals surface area contributed by atoms with Crippen LogP contribution in [0.5, 0.6) is 5.75 Å². The van der Waals surface area contributed by atoms with E-state index < -0.39 is 6.10 Å². The Bertz CT molecular complexity index is 718. The van der Waals surface area contributed by atoms with Crippen molar-refractivity contribution in [3.63, 3.8) is 0 Å². The summed E-state index contributed by atoms with van der Waals surface area (Å²) < 4.78 is 6.41. The lowest BCUT2D eigenvalue weighted by Crippen LogP contribution is -2.51. The second-order valence-electron chi connectivity index (χ2n) is 6.35. The second-order valence-corrected chi connectivity index (χ2v) is 7.20. The van der Waals surface area contributed by atoms with Gasteiger partial charge in [0.15, 0.2) is 0 Å². The van der Waals surface area contributed by atoms with Crippen LogP contribution in [0.15, 0.2) is 59.1 Å². The number of benzene rings is 2. The summed E-state index contributed by atoms with van der Waals surface area (Å²) in [5.41, 5.74) is 0.692. The molecule has 0 radical (unpaired) electrons. The highest BCUT2D eigenvalue weighted by Crippen LogP contribution is 2.19. The molecule has 1 aliphatic heterocycles. The van der Waals surface area contributed by atoms with Crippen LogP contribution < -0.4 is 4.74 Å². The van der Waals surface area contributed by atoms with Crippen molar-refractivity contribution in [1.82, 2.24) is 9.80 Å². The number of hydrogen-bond acceptors (Lipinski definition) is 4. The molecule has 1 N–H and O–H groups in total. The lowest BCUT2D eigenvalue weighted by atomic mass is 10.2. The molecule has 3 rings (SSSR count). The molecule has 2 aromatic carbocycles. The molecule has 138 valence electrons. The number of ether oxygens (including phenoxy) is 1. The first-order valence-electron chi connectivity index (χ1n) is 8.75. The van der Waals surface area contributed by atoms with Gasteiger partial charge < -0.3 is 14.7 Å². The van der Waals surface area contributed by atoms with Crippen LogP contribution in [0.2, 0.25) is 0 Å². The highest BCUT2D eigenvalue weighted by molar-refractivity contribution is 9.10. The van der Waals surface area contributed by atoms with Gasteiger partial charge >= 0.3 is 0 Å². The summed E-state index contributed by atoms with van der Waals surface area (Å²) in [5, 5.41) is 10.2. The van der Waals surface area contributed by atoms with Gasteiger partial charge in [-0.1, -0.05) is 30.3 Å². The van der Waals surface area contributed by atoms with Gasteiger partial charge in [-0.25, -0.2) is 0 Å². The van der Waals surface area contributed by atoms with Gasteiger partial charge in [-0.15, -0.1) is 0 Å². The molecule has 1 aliphatic rings. The van der Waals surface area contributed by atoms with E-state index >= 15 is 0 Å². The number of piperazine rings is 1. The number of aliphatic hydroxyl groups excluding tert-OH is 1. The van der Waals surface area contributed by atoms with Gasteiger partial charge in [0.1, 0.15) is 18.5 Å². The van der Waals surface area contributed by atoms with E-state index in [1.165, 1.54) is 0 Å². The van der Waals surface area contributed by atoms with Crippen molar-refractivity contribution >= 4 is 21.8 Å². The maximum Gasteiger partial charge on any atom is 0.255 e. The van der Waals surface area contributed by atoms with E-state index in [1.54, 1.807) is 0 Å². The molecule has 1 atom stereocenters. The van der Waals surface area contributed by atoms with Crippen LogP contribution in [0.1, 0.15) is 10.4 Å². The summed E-state index contributed by atoms with van der Waals surface area (Å²) in [7, 11) is 0. The van der Waals surface area contributed by atoms with E-state index in [4.69, 9.17) is 4.74 Å². The lowest BCUT2D eigenvalue weighted by molar-refractivity contribution is 0.0403. The molecular weight excluding hydrogens is 396 g/mol. The van der Waals surface area contributed by atoms with Crippen LogP contribution in [0.3, 0.4) is 0 Å². The zero-order valence-electron chi connectivity index (χ0n) is 14.6. The first-order valence-corrected chi connectivity index (χ1v) is 9.55. The van der Waals surface area contributed by atoms with Crippen LogP contribution >= 0.6 is 15.9 Å². The average molecular weight is 419 g/mol. The molecule has 1 fully saturated rings. The molecule has 6 heteroatoms. The van der Waals surface area contributed by atoms with E-state index in [1.807, 2.05) is 59.5 Å². The largest absolute Gasteiger partial charge is 0.491 e. The number of carbonyl (C=O) groups excluding carboxylic acids is 1. The molecule has 26 heavy (non-hydrogen) atoms. The van der Waals surface area contributed by atoms with E-state index in [0.29, 0.717) is 25.2 Å². The molecule has 2 aromatic rings. The van der Waals surface area contributed by atoms with Gasteiger partial charge in [-0.05, 0) is 40.2 Å². The smallest absolute Gasteiger partial charge is 0.255 e. The summed E-state index contributed by atoms with van der Waals surface area (Å²) in [5.74, 6) is 0.806. The Hall–Kier alpha value is -1.89.